The van der Waals surface area contributed by atoms with Crippen LogP contribution in [0.15, 0.2) is 0 Å². The summed E-state index contributed by atoms with van der Waals surface area (Å²) < 4.78 is 14.6. The van der Waals surface area contributed by atoms with E-state index in [2.05, 4.69) is 24.2 Å². The number of hydrogen-bond acceptors (Lipinski definition) is 2. The van der Waals surface area contributed by atoms with E-state index in [0.717, 1.165) is 0 Å². The van der Waals surface area contributed by atoms with Crippen molar-refractivity contribution in [3.05, 3.63) is 0 Å². The Bertz CT molecular complexity index is 109. The van der Waals surface area contributed by atoms with E-state index in [-0.39, 0.29) is 0 Å². The van der Waals surface area contributed by atoms with Crippen molar-refractivity contribution in [1.29, 1.82) is 0 Å². The molecule has 1 N–H and O–H groups in total. The lowest BCUT2D eigenvalue weighted by molar-refractivity contribution is 0.322. The summed E-state index contributed by atoms with van der Waals surface area (Å²) in [7, 11) is -3.96. The maximum Gasteiger partial charge on any atom is 0.316 e. The molecule has 0 saturated carbocycles. The van der Waals surface area contributed by atoms with Gasteiger partial charge in [0.1, 0.15) is 0 Å². The monoisotopic (exact) mass is 168 g/mol. The van der Waals surface area contributed by atoms with Gasteiger partial charge in [-0.25, -0.2) is 0 Å². The molecule has 0 aromatic carbocycles. The van der Waals surface area contributed by atoms with Gasteiger partial charge in [0, 0.05) is 6.23 Å². The maximum atomic E-state index is 10.0. The molecule has 3 nitrogen and oxygen atoms in total. The molecular formula is C4H13O3PSi. The summed E-state index contributed by atoms with van der Waals surface area (Å²) in [5.41, 5.74) is 0. The lowest BCUT2D eigenvalue weighted by atomic mass is 11.7. The lowest BCUT2D eigenvalue weighted by Gasteiger charge is -2.13. The molecule has 0 aliphatic heterocycles. The van der Waals surface area contributed by atoms with E-state index in [1.165, 1.54) is 0 Å². The molecule has 56 valence electrons. The van der Waals surface area contributed by atoms with Gasteiger partial charge in [0.2, 0.25) is 0 Å². The fourth-order valence-corrected chi connectivity index (χ4v) is 2.50. The predicted molar refractivity (Wildman–Crippen MR) is 40.5 cm³/mol. The van der Waals surface area contributed by atoms with Crippen LogP contribution in [-0.2, 0) is 9.09 Å². The van der Waals surface area contributed by atoms with Crippen molar-refractivity contribution in [3.63, 3.8) is 0 Å². The quantitative estimate of drug-likeness (QED) is 0.509. The normalized spacial score (nSPS) is 15.6. The average Bonchev–Trinajstić information content (AvgIpc) is 1.59. The molecule has 0 amide bonds. The Morgan fingerprint density at radius 2 is 2.00 bits per heavy atom. The molecule has 0 fully saturated rings. The topological polar surface area (TPSA) is 46.5 Å². The van der Waals surface area contributed by atoms with E-state index in [4.69, 9.17) is 4.89 Å². The van der Waals surface area contributed by atoms with Gasteiger partial charge in [0.15, 0.2) is 0 Å². The largest absolute Gasteiger partial charge is 0.326 e. The number of hydrogen-bond donors (Lipinski definition) is 1. The summed E-state index contributed by atoms with van der Waals surface area (Å²) in [5, 5.41) is 0. The minimum Gasteiger partial charge on any atom is -0.326 e. The van der Waals surface area contributed by atoms with Gasteiger partial charge in [-0.3, -0.25) is 4.57 Å². The molecule has 0 aliphatic rings. The van der Waals surface area contributed by atoms with Crippen molar-refractivity contribution >= 4 is 16.3 Å². The zero-order chi connectivity index (χ0) is 7.49. The van der Waals surface area contributed by atoms with E-state index in [1.807, 2.05) is 0 Å². The zero-order valence-corrected chi connectivity index (χ0v) is 7.97. The van der Waals surface area contributed by atoms with E-state index in [0.29, 0.717) is 6.23 Å². The van der Waals surface area contributed by atoms with Gasteiger partial charge in [-0.05, 0) is 0 Å². The second-order valence-corrected chi connectivity index (χ2v) is 9.35. The van der Waals surface area contributed by atoms with Crippen molar-refractivity contribution in [3.8, 4) is 0 Å². The highest BCUT2D eigenvalue weighted by Crippen LogP contribution is 2.16. The third kappa shape index (κ3) is 8.37. The Balaban J connectivity index is 3.39. The van der Waals surface area contributed by atoms with Crippen molar-refractivity contribution < 1.29 is 14.0 Å². The number of rotatable bonds is 3. The minimum absolute atomic E-state index is 0.474. The van der Waals surface area contributed by atoms with Crippen LogP contribution in [0.2, 0.25) is 19.6 Å². The highest BCUT2D eigenvalue weighted by Gasteiger charge is 2.13. The average molecular weight is 168 g/mol. The molecule has 0 rings (SSSR count). The molecule has 0 aromatic heterocycles. The van der Waals surface area contributed by atoms with E-state index < -0.39 is 16.3 Å². The molecule has 0 saturated heterocycles. The second-order valence-electron chi connectivity index (χ2n) is 3.12. The second kappa shape index (κ2) is 3.51. The fourth-order valence-electron chi connectivity index (χ4n) is 0.278. The molecule has 0 bridgehead atoms. The van der Waals surface area contributed by atoms with Gasteiger partial charge in [-0.15, -0.1) is 0 Å². The van der Waals surface area contributed by atoms with Gasteiger partial charge in [0.05, 0.1) is 8.07 Å². The summed E-state index contributed by atoms with van der Waals surface area (Å²) >= 11 is 0. The molecule has 0 radical (unpaired) electrons. The Labute approximate surface area is 57.0 Å². The third-order valence-corrected chi connectivity index (χ3v) is 2.32. The van der Waals surface area contributed by atoms with E-state index >= 15 is 0 Å². The highest BCUT2D eigenvalue weighted by atomic mass is 31.1. The SMILES string of the molecule is C[Si](C)(C)CO[PH](=O)O. The molecule has 5 heteroatoms. The zero-order valence-electron chi connectivity index (χ0n) is 5.97. The highest BCUT2D eigenvalue weighted by molar-refractivity contribution is 7.32. The van der Waals surface area contributed by atoms with Crippen LogP contribution in [0.3, 0.4) is 0 Å². The van der Waals surface area contributed by atoms with Gasteiger partial charge >= 0.3 is 8.25 Å². The first kappa shape index (κ1) is 9.37. The fraction of sp³-hybridized carbons (Fsp3) is 1.00. The first-order valence-electron chi connectivity index (χ1n) is 2.77. The molecule has 9 heavy (non-hydrogen) atoms. The lowest BCUT2D eigenvalue weighted by Crippen LogP contribution is -2.26. The molecule has 0 heterocycles. The van der Waals surface area contributed by atoms with Gasteiger partial charge in [-0.1, -0.05) is 19.6 Å². The van der Waals surface area contributed by atoms with Crippen molar-refractivity contribution in [1.82, 2.24) is 0 Å². The Hall–Kier alpha value is 0.367. The summed E-state index contributed by atoms with van der Waals surface area (Å²) in [6.07, 6.45) is 0.474. The molecular weight excluding hydrogens is 155 g/mol. The smallest absolute Gasteiger partial charge is 0.316 e. The van der Waals surface area contributed by atoms with Crippen LogP contribution in [0.25, 0.3) is 0 Å². The van der Waals surface area contributed by atoms with Crippen LogP contribution in [0.1, 0.15) is 0 Å². The van der Waals surface area contributed by atoms with Crippen molar-refractivity contribution in [2.24, 2.45) is 0 Å². The predicted octanol–water partition coefficient (Wildman–Crippen LogP) is 1.26. The Morgan fingerprint density at radius 3 is 2.11 bits per heavy atom. The summed E-state index contributed by atoms with van der Waals surface area (Å²) in [5.74, 6) is 0. The van der Waals surface area contributed by atoms with E-state index in [1.54, 1.807) is 0 Å². The Morgan fingerprint density at radius 1 is 1.56 bits per heavy atom. The summed E-state index contributed by atoms with van der Waals surface area (Å²) in [4.78, 5) is 8.26. The molecule has 0 aromatic rings. The minimum atomic E-state index is -2.68. The van der Waals surface area contributed by atoms with Crippen molar-refractivity contribution in [2.45, 2.75) is 19.6 Å². The van der Waals surface area contributed by atoms with E-state index in [9.17, 15) is 4.57 Å². The van der Waals surface area contributed by atoms with Crippen LogP contribution in [0.4, 0.5) is 0 Å². The molecule has 1 atom stereocenters. The van der Waals surface area contributed by atoms with Gasteiger partial charge < -0.3 is 9.42 Å². The first-order valence-corrected chi connectivity index (χ1v) is 7.74. The van der Waals surface area contributed by atoms with Crippen LogP contribution in [0, 0.1) is 0 Å². The van der Waals surface area contributed by atoms with Crippen LogP contribution in [0.5, 0.6) is 0 Å². The van der Waals surface area contributed by atoms with Crippen LogP contribution >= 0.6 is 8.25 Å². The maximum absolute atomic E-state index is 10.0. The Kier molecular flexibility index (Phi) is 3.66. The van der Waals surface area contributed by atoms with Crippen LogP contribution in [-0.4, -0.2) is 19.2 Å². The standard InChI is InChI=1S/C4H13O3PSi/c1-9(2,3)4-7-8(5)6/h8H,4H2,1-3H3,(H,5,6). The molecule has 1 unspecified atom stereocenters. The van der Waals surface area contributed by atoms with Gasteiger partial charge in [-0.2, -0.15) is 0 Å². The molecule has 0 spiro atoms. The van der Waals surface area contributed by atoms with Crippen molar-refractivity contribution in [2.75, 3.05) is 6.23 Å². The summed E-state index contributed by atoms with van der Waals surface area (Å²) in [6.45, 7) is 6.24. The summed E-state index contributed by atoms with van der Waals surface area (Å²) in [6, 6.07) is 0. The third-order valence-electron chi connectivity index (χ3n) is 0.629. The van der Waals surface area contributed by atoms with Gasteiger partial charge in [0.25, 0.3) is 0 Å². The van der Waals surface area contributed by atoms with Crippen LogP contribution < -0.4 is 0 Å². The molecule has 0 aliphatic carbocycles. The first-order chi connectivity index (χ1) is 3.92.